The summed E-state index contributed by atoms with van der Waals surface area (Å²) in [4.78, 5) is 9.72. The first-order chi connectivity index (χ1) is 33.9. The third kappa shape index (κ3) is 9.91. The quantitative estimate of drug-likeness (QED) is 0.142. The fourth-order valence-corrected chi connectivity index (χ4v) is 10.2. The van der Waals surface area contributed by atoms with Gasteiger partial charge in [-0.25, -0.2) is 4.98 Å². The van der Waals surface area contributed by atoms with Gasteiger partial charge in [-0.1, -0.05) is 187 Å². The Morgan fingerprint density at radius 1 is 0.466 bits per heavy atom. The summed E-state index contributed by atoms with van der Waals surface area (Å²) in [6.45, 7) is 34.5. The second kappa shape index (κ2) is 18.8. The van der Waals surface area contributed by atoms with E-state index in [1.54, 1.807) is 0 Å². The molecule has 9 aromatic rings. The topological polar surface area (TPSA) is 33.5 Å². The van der Waals surface area contributed by atoms with Crippen LogP contribution in [0.25, 0.3) is 38.8 Å². The van der Waals surface area contributed by atoms with Crippen LogP contribution < -0.4 is 14.5 Å². The molecule has 1 aliphatic heterocycles. The van der Waals surface area contributed by atoms with E-state index in [2.05, 4.69) is 276 Å². The number of hydrogen-bond acceptors (Lipinski definition) is 4. The molecule has 0 N–H and O–H groups in total. The van der Waals surface area contributed by atoms with Crippen LogP contribution in [0.15, 0.2) is 158 Å². The van der Waals surface area contributed by atoms with E-state index >= 15 is 0 Å². The van der Waals surface area contributed by atoms with Gasteiger partial charge in [0.05, 0.1) is 0 Å². The fourth-order valence-electron chi connectivity index (χ4n) is 10.2. The predicted octanol–water partition coefficient (Wildman–Crippen LogP) is 18.2. The van der Waals surface area contributed by atoms with Crippen molar-refractivity contribution in [2.24, 2.45) is 0 Å². The Bertz CT molecular complexity index is 3490. The minimum Gasteiger partial charge on any atom is -0.509 e. The van der Waals surface area contributed by atoms with Crippen LogP contribution in [0.1, 0.15) is 130 Å². The van der Waals surface area contributed by atoms with Crippen LogP contribution in [-0.4, -0.2) is 9.55 Å². The molecule has 6 heteroatoms. The second-order valence-corrected chi connectivity index (χ2v) is 24.4. The number of rotatable bonds is 8. The number of nitrogens with zero attached hydrogens (tertiary/aromatic N) is 4. The molecule has 3 heterocycles. The van der Waals surface area contributed by atoms with Gasteiger partial charge in [-0.15, -0.1) is 53.6 Å². The Kier molecular flexibility index (Phi) is 13.3. The zero-order valence-electron chi connectivity index (χ0n) is 45.1. The van der Waals surface area contributed by atoms with Crippen LogP contribution in [0.4, 0.5) is 22.7 Å². The molecule has 0 saturated carbocycles. The van der Waals surface area contributed by atoms with Crippen molar-refractivity contribution in [1.82, 2.24) is 9.55 Å². The van der Waals surface area contributed by atoms with Crippen LogP contribution in [0.3, 0.4) is 0 Å². The van der Waals surface area contributed by atoms with Gasteiger partial charge < -0.3 is 19.1 Å². The van der Waals surface area contributed by atoms with Crippen molar-refractivity contribution in [3.05, 3.63) is 210 Å². The molecule has 10 rings (SSSR count). The molecular formula is C67H69N4OPt-3. The molecule has 0 radical (unpaired) electrons. The van der Waals surface area contributed by atoms with Gasteiger partial charge in [0, 0.05) is 66.8 Å². The first-order valence-corrected chi connectivity index (χ1v) is 25.5. The van der Waals surface area contributed by atoms with Crippen molar-refractivity contribution < 1.29 is 25.8 Å². The van der Waals surface area contributed by atoms with E-state index in [-0.39, 0.29) is 48.1 Å². The molecular weight excluding hydrogens is 1070 g/mol. The third-order valence-electron chi connectivity index (χ3n) is 14.6. The normalized spacial score (nSPS) is 13.4. The van der Waals surface area contributed by atoms with E-state index < -0.39 is 0 Å². The van der Waals surface area contributed by atoms with Crippen molar-refractivity contribution in [3.8, 4) is 28.4 Å². The molecule has 0 aliphatic carbocycles. The van der Waals surface area contributed by atoms with Crippen LogP contribution in [0.5, 0.6) is 11.5 Å². The van der Waals surface area contributed by atoms with Gasteiger partial charge in [-0.05, 0) is 108 Å². The van der Waals surface area contributed by atoms with E-state index in [1.165, 1.54) is 38.9 Å². The fraction of sp³-hybridized carbons (Fsp3) is 0.284. The summed E-state index contributed by atoms with van der Waals surface area (Å²) in [7, 11) is 0. The summed E-state index contributed by atoms with van der Waals surface area (Å²) in [6.07, 6.45) is 1.93. The van der Waals surface area contributed by atoms with Crippen molar-refractivity contribution in [2.75, 3.05) is 9.80 Å². The zero-order valence-corrected chi connectivity index (χ0v) is 47.4. The number of hydrogen-bond donors (Lipinski definition) is 0. The van der Waals surface area contributed by atoms with Crippen molar-refractivity contribution >= 4 is 44.6 Å². The molecule has 2 aromatic heterocycles. The van der Waals surface area contributed by atoms with Crippen LogP contribution >= 0.6 is 0 Å². The van der Waals surface area contributed by atoms with Gasteiger partial charge in [0.1, 0.15) is 5.82 Å². The number of ether oxygens (including phenoxy) is 1. The summed E-state index contributed by atoms with van der Waals surface area (Å²) >= 11 is 0. The van der Waals surface area contributed by atoms with Gasteiger partial charge in [-0.3, -0.25) is 0 Å². The van der Waals surface area contributed by atoms with E-state index in [9.17, 15) is 0 Å². The summed E-state index contributed by atoms with van der Waals surface area (Å²) in [5.41, 5.74) is 15.4. The molecule has 0 bridgehead atoms. The number of pyridine rings is 1. The monoisotopic (exact) mass is 1140 g/mol. The number of fused-ring (bicyclic) bond motifs is 4. The molecule has 0 spiro atoms. The van der Waals surface area contributed by atoms with Gasteiger partial charge in [0.15, 0.2) is 0 Å². The average molecular weight is 1140 g/mol. The third-order valence-corrected chi connectivity index (χ3v) is 14.6. The molecule has 0 amide bonds. The number of anilines is 4. The Morgan fingerprint density at radius 2 is 1.07 bits per heavy atom. The predicted molar refractivity (Wildman–Crippen MR) is 303 cm³/mol. The van der Waals surface area contributed by atoms with E-state index in [0.29, 0.717) is 11.5 Å². The average Bonchev–Trinajstić information content (AvgIpc) is 3.88. The molecule has 73 heavy (non-hydrogen) atoms. The SMILES string of the molecule is CC(C)(C)c1cc(Oc2[c-]c3c(cc2)c2ccccc2n3-c2cc(C(C)(C)c3ccccc3)ccn2)[c-]c(N2[CH-]N(c3cc(-c4ccccc4)cc(C(C)(C)C)c3)c3cc(C(C)(C)C)c(C(C)(C)C)cc32)c1.[Pt]. The molecule has 376 valence electrons. The Hall–Kier alpha value is -6.42. The molecule has 1 aliphatic rings. The molecule has 0 unspecified atom stereocenters. The number of para-hydroxylation sites is 1. The summed E-state index contributed by atoms with van der Waals surface area (Å²) in [5.74, 6) is 2.06. The van der Waals surface area contributed by atoms with E-state index in [1.807, 2.05) is 12.3 Å². The minimum atomic E-state index is -0.240. The molecule has 0 fully saturated rings. The summed E-state index contributed by atoms with van der Waals surface area (Å²) in [6, 6.07) is 62.4. The summed E-state index contributed by atoms with van der Waals surface area (Å²) < 4.78 is 9.23. The maximum Gasteiger partial charge on any atom is 0.135 e. The van der Waals surface area contributed by atoms with Gasteiger partial charge in [0.2, 0.25) is 0 Å². The minimum absolute atomic E-state index is 0. The van der Waals surface area contributed by atoms with Gasteiger partial charge in [-0.2, -0.15) is 6.07 Å². The van der Waals surface area contributed by atoms with E-state index in [0.717, 1.165) is 55.9 Å². The van der Waals surface area contributed by atoms with Crippen LogP contribution in [0, 0.1) is 18.8 Å². The molecule has 7 aromatic carbocycles. The van der Waals surface area contributed by atoms with Crippen molar-refractivity contribution in [2.45, 2.75) is 124 Å². The van der Waals surface area contributed by atoms with Crippen LogP contribution in [0.2, 0.25) is 0 Å². The van der Waals surface area contributed by atoms with Crippen molar-refractivity contribution in [3.63, 3.8) is 0 Å². The molecule has 0 atom stereocenters. The zero-order chi connectivity index (χ0) is 51.1. The Balaban J connectivity index is 0.00000656. The number of benzene rings is 7. The van der Waals surface area contributed by atoms with Gasteiger partial charge >= 0.3 is 0 Å². The second-order valence-electron chi connectivity index (χ2n) is 24.4. The molecule has 5 nitrogen and oxygen atoms in total. The van der Waals surface area contributed by atoms with Crippen LogP contribution in [-0.2, 0) is 48.1 Å². The first-order valence-electron chi connectivity index (χ1n) is 25.5. The van der Waals surface area contributed by atoms with Gasteiger partial charge in [0.25, 0.3) is 0 Å². The largest absolute Gasteiger partial charge is 0.509 e. The summed E-state index contributed by atoms with van der Waals surface area (Å²) in [5, 5.41) is 2.22. The molecule has 0 saturated heterocycles. The first kappa shape index (κ1) is 51.5. The Labute approximate surface area is 449 Å². The smallest absolute Gasteiger partial charge is 0.135 e. The Morgan fingerprint density at radius 3 is 1.71 bits per heavy atom. The maximum atomic E-state index is 7.01. The number of aromatic nitrogens is 2. The standard InChI is InChI=1S/C67H69N4O.Pt/c1-63(2,3)48-33-45(44-23-17-15-18-24-44)34-50(35-48)69-43-70(61-42-57(66(10,11)12)56(41-60(61)69)65(7,8)9)51-36-49(64(4,5)6)37-53(39-51)72-52-29-30-55-54-27-21-22-28-58(54)71(59(55)40-52)62-38-47(31-32-68-62)67(13,14)46-25-19-16-20-26-46;/h15-38,41-43H,1-14H3;/q-3;. The maximum absolute atomic E-state index is 7.01. The van der Waals surface area contributed by atoms with Crippen molar-refractivity contribution in [1.29, 1.82) is 0 Å². The van der Waals surface area contributed by atoms with E-state index in [4.69, 9.17) is 9.72 Å².